The molecule has 0 saturated heterocycles. The minimum absolute atomic E-state index is 0.0195. The Morgan fingerprint density at radius 3 is 2.41 bits per heavy atom. The van der Waals surface area contributed by atoms with Crippen molar-refractivity contribution >= 4 is 23.4 Å². The van der Waals surface area contributed by atoms with Crippen molar-refractivity contribution in [3.63, 3.8) is 0 Å². The van der Waals surface area contributed by atoms with Gasteiger partial charge in [0.25, 0.3) is 0 Å². The first kappa shape index (κ1) is 13.7. The van der Waals surface area contributed by atoms with Crippen molar-refractivity contribution in [1.82, 2.24) is 0 Å². The standard InChI is InChI=1S/C13H15ClO3/c14-9-12(15)8-11(13(16)17)7-6-10-4-2-1-3-5-10/h1-5,11H,6-9H2,(H,16,17)/t11-/m1/s1. The van der Waals surface area contributed by atoms with Crippen molar-refractivity contribution in [3.05, 3.63) is 35.9 Å². The van der Waals surface area contributed by atoms with E-state index in [4.69, 9.17) is 16.7 Å². The Kier molecular flexibility index (Phi) is 5.70. The lowest BCUT2D eigenvalue weighted by Gasteiger charge is -2.10. The highest BCUT2D eigenvalue weighted by Gasteiger charge is 2.20. The van der Waals surface area contributed by atoms with Gasteiger partial charge in [0.2, 0.25) is 0 Å². The van der Waals surface area contributed by atoms with Crippen molar-refractivity contribution in [2.45, 2.75) is 19.3 Å². The van der Waals surface area contributed by atoms with Gasteiger partial charge in [-0.2, -0.15) is 0 Å². The average molecular weight is 255 g/mol. The highest BCUT2D eigenvalue weighted by molar-refractivity contribution is 6.27. The van der Waals surface area contributed by atoms with Crippen LogP contribution in [0.4, 0.5) is 0 Å². The zero-order valence-corrected chi connectivity index (χ0v) is 10.2. The van der Waals surface area contributed by atoms with Gasteiger partial charge >= 0.3 is 5.97 Å². The minimum Gasteiger partial charge on any atom is -0.481 e. The number of ketones is 1. The molecule has 0 aliphatic carbocycles. The summed E-state index contributed by atoms with van der Waals surface area (Å²) >= 11 is 5.38. The lowest BCUT2D eigenvalue weighted by atomic mass is 9.95. The Labute approximate surface area is 105 Å². The number of carbonyl (C=O) groups excluding carboxylic acids is 1. The molecular weight excluding hydrogens is 240 g/mol. The van der Waals surface area contributed by atoms with Gasteiger partial charge in [-0.25, -0.2) is 0 Å². The Bertz CT molecular complexity index is 376. The number of hydrogen-bond donors (Lipinski definition) is 1. The zero-order chi connectivity index (χ0) is 12.7. The number of benzene rings is 1. The van der Waals surface area contributed by atoms with Crippen LogP contribution in [-0.4, -0.2) is 22.7 Å². The normalized spacial score (nSPS) is 12.1. The first-order valence-corrected chi connectivity index (χ1v) is 6.01. The molecule has 0 aromatic heterocycles. The quantitative estimate of drug-likeness (QED) is 0.761. The zero-order valence-electron chi connectivity index (χ0n) is 9.43. The summed E-state index contributed by atoms with van der Waals surface area (Å²) < 4.78 is 0. The number of aryl methyl sites for hydroxylation is 1. The van der Waals surface area contributed by atoms with Crippen LogP contribution >= 0.6 is 11.6 Å². The van der Waals surface area contributed by atoms with E-state index in [1.807, 2.05) is 30.3 Å². The summed E-state index contributed by atoms with van der Waals surface area (Å²) in [6, 6.07) is 9.63. The van der Waals surface area contributed by atoms with Crippen molar-refractivity contribution in [2.75, 3.05) is 5.88 Å². The van der Waals surface area contributed by atoms with Gasteiger partial charge in [-0.1, -0.05) is 30.3 Å². The highest BCUT2D eigenvalue weighted by atomic mass is 35.5. The van der Waals surface area contributed by atoms with Gasteiger partial charge in [0, 0.05) is 6.42 Å². The SMILES string of the molecule is O=C(CCl)C[C@@H](CCc1ccccc1)C(=O)O. The summed E-state index contributed by atoms with van der Waals surface area (Å²) in [6.45, 7) is 0. The topological polar surface area (TPSA) is 54.4 Å². The number of carbonyl (C=O) groups is 2. The molecule has 92 valence electrons. The van der Waals surface area contributed by atoms with Crippen LogP contribution in [-0.2, 0) is 16.0 Å². The molecule has 0 amide bonds. The molecule has 0 bridgehead atoms. The first-order valence-electron chi connectivity index (χ1n) is 5.48. The van der Waals surface area contributed by atoms with E-state index in [-0.39, 0.29) is 18.1 Å². The number of carboxylic acid groups (broad SMARTS) is 1. The fourth-order valence-corrected chi connectivity index (χ4v) is 1.74. The maximum absolute atomic E-state index is 11.1. The van der Waals surface area contributed by atoms with Crippen molar-refractivity contribution in [3.8, 4) is 0 Å². The predicted molar refractivity (Wildman–Crippen MR) is 66.2 cm³/mol. The molecule has 0 heterocycles. The highest BCUT2D eigenvalue weighted by Crippen LogP contribution is 2.14. The molecule has 4 heteroatoms. The molecule has 17 heavy (non-hydrogen) atoms. The molecule has 1 N–H and O–H groups in total. The van der Waals surface area contributed by atoms with Crippen LogP contribution in [0.2, 0.25) is 0 Å². The third kappa shape index (κ3) is 5.00. The van der Waals surface area contributed by atoms with Gasteiger partial charge in [-0.05, 0) is 18.4 Å². The molecule has 0 spiro atoms. The lowest BCUT2D eigenvalue weighted by molar-refractivity contribution is -0.143. The minimum atomic E-state index is -0.931. The maximum Gasteiger partial charge on any atom is 0.306 e. The molecular formula is C13H15ClO3. The lowest BCUT2D eigenvalue weighted by Crippen LogP contribution is -2.19. The second-order valence-electron chi connectivity index (χ2n) is 3.94. The average Bonchev–Trinajstić information content (AvgIpc) is 2.35. The van der Waals surface area contributed by atoms with Gasteiger partial charge in [-0.15, -0.1) is 11.6 Å². The number of carboxylic acids is 1. The Morgan fingerprint density at radius 1 is 1.24 bits per heavy atom. The van der Waals surface area contributed by atoms with E-state index in [0.717, 1.165) is 5.56 Å². The summed E-state index contributed by atoms with van der Waals surface area (Å²) in [5.41, 5.74) is 1.08. The Hall–Kier alpha value is -1.35. The van der Waals surface area contributed by atoms with Crippen LogP contribution < -0.4 is 0 Å². The molecule has 0 unspecified atom stereocenters. The molecule has 0 saturated carbocycles. The van der Waals surface area contributed by atoms with Crippen molar-refractivity contribution in [1.29, 1.82) is 0 Å². The Balaban J connectivity index is 2.50. The second kappa shape index (κ2) is 7.07. The molecule has 3 nitrogen and oxygen atoms in total. The van der Waals surface area contributed by atoms with Gasteiger partial charge in [0.15, 0.2) is 0 Å². The predicted octanol–water partition coefficient (Wildman–Crippen LogP) is 2.52. The maximum atomic E-state index is 11.1. The number of rotatable bonds is 7. The molecule has 1 rings (SSSR count). The molecule has 0 aliphatic heterocycles. The van der Waals surface area contributed by atoms with Gasteiger partial charge in [0.1, 0.15) is 5.78 Å². The van der Waals surface area contributed by atoms with Gasteiger partial charge in [-0.3, -0.25) is 9.59 Å². The van der Waals surface area contributed by atoms with Crippen molar-refractivity contribution < 1.29 is 14.7 Å². The molecule has 0 aliphatic rings. The smallest absolute Gasteiger partial charge is 0.306 e. The summed E-state index contributed by atoms with van der Waals surface area (Å²) in [7, 11) is 0. The fraction of sp³-hybridized carbons (Fsp3) is 0.385. The van der Waals surface area contributed by atoms with E-state index in [1.54, 1.807) is 0 Å². The van der Waals surface area contributed by atoms with Gasteiger partial charge in [0.05, 0.1) is 11.8 Å². The Morgan fingerprint density at radius 2 is 1.88 bits per heavy atom. The van der Waals surface area contributed by atoms with E-state index < -0.39 is 11.9 Å². The van der Waals surface area contributed by atoms with E-state index in [0.29, 0.717) is 12.8 Å². The summed E-state index contributed by atoms with van der Waals surface area (Å²) in [5.74, 6) is -1.90. The third-order valence-corrected chi connectivity index (χ3v) is 2.89. The second-order valence-corrected chi connectivity index (χ2v) is 4.20. The molecule has 1 aromatic carbocycles. The largest absolute Gasteiger partial charge is 0.481 e. The van der Waals surface area contributed by atoms with Crippen LogP contribution in [0.15, 0.2) is 30.3 Å². The monoisotopic (exact) mass is 254 g/mol. The number of alkyl halides is 1. The summed E-state index contributed by atoms with van der Waals surface area (Å²) in [6.07, 6.45) is 1.14. The summed E-state index contributed by atoms with van der Waals surface area (Å²) in [4.78, 5) is 22.1. The molecule has 1 atom stereocenters. The van der Waals surface area contributed by atoms with E-state index in [2.05, 4.69) is 0 Å². The third-order valence-electron chi connectivity index (χ3n) is 2.60. The van der Waals surface area contributed by atoms with Gasteiger partial charge < -0.3 is 5.11 Å². The summed E-state index contributed by atoms with van der Waals surface area (Å²) in [5, 5.41) is 9.00. The molecule has 0 fully saturated rings. The molecule has 1 aromatic rings. The fourth-order valence-electron chi connectivity index (χ4n) is 1.63. The van der Waals surface area contributed by atoms with Crippen LogP contribution in [0.5, 0.6) is 0 Å². The number of hydrogen-bond acceptors (Lipinski definition) is 2. The van der Waals surface area contributed by atoms with E-state index in [9.17, 15) is 9.59 Å². The van der Waals surface area contributed by atoms with Crippen LogP contribution in [0.25, 0.3) is 0 Å². The van der Waals surface area contributed by atoms with E-state index in [1.165, 1.54) is 0 Å². The van der Waals surface area contributed by atoms with E-state index >= 15 is 0 Å². The van der Waals surface area contributed by atoms with Crippen molar-refractivity contribution in [2.24, 2.45) is 5.92 Å². The number of halogens is 1. The van der Waals surface area contributed by atoms with Crippen LogP contribution in [0.1, 0.15) is 18.4 Å². The number of aliphatic carboxylic acids is 1. The van der Waals surface area contributed by atoms with Crippen LogP contribution in [0.3, 0.4) is 0 Å². The number of Topliss-reactive ketones (excluding diaryl/α,β-unsaturated/α-hetero) is 1. The molecule has 0 radical (unpaired) electrons. The first-order chi connectivity index (χ1) is 8.13. The van der Waals surface area contributed by atoms with Crippen LogP contribution in [0, 0.1) is 5.92 Å².